The molecule has 1 aliphatic heterocycles. The first kappa shape index (κ1) is 20.8. The van der Waals surface area contributed by atoms with Gasteiger partial charge >= 0.3 is 0 Å². The number of morpholine rings is 1. The molecule has 9 nitrogen and oxygen atoms in total. The molecule has 1 saturated heterocycles. The fraction of sp³-hybridized carbons (Fsp3) is 0.208. The van der Waals surface area contributed by atoms with Crippen molar-refractivity contribution in [1.29, 1.82) is 0 Å². The lowest BCUT2D eigenvalue weighted by Crippen LogP contribution is -2.36. The SMILES string of the molecule is COc1cc(-c2cc3cc[nH]c(=O)c3c(Nc3ccc(N4CCOCC4)cc3)n2)cnc1N. The molecule has 0 amide bonds. The molecule has 9 heteroatoms. The van der Waals surface area contributed by atoms with Crippen LogP contribution in [0, 0.1) is 0 Å². The molecule has 3 aromatic heterocycles. The Balaban J connectivity index is 1.53. The molecule has 168 valence electrons. The number of aromatic amines is 1. The number of anilines is 4. The third-order valence-corrected chi connectivity index (χ3v) is 5.66. The lowest BCUT2D eigenvalue weighted by Gasteiger charge is -2.28. The van der Waals surface area contributed by atoms with Crippen LogP contribution in [0.3, 0.4) is 0 Å². The number of nitrogens with two attached hydrogens (primary N) is 1. The van der Waals surface area contributed by atoms with Gasteiger partial charge in [0.05, 0.1) is 31.4 Å². The van der Waals surface area contributed by atoms with Gasteiger partial charge in [-0.2, -0.15) is 0 Å². The van der Waals surface area contributed by atoms with Crippen LogP contribution in [0.4, 0.5) is 23.0 Å². The van der Waals surface area contributed by atoms with Crippen molar-refractivity contribution in [2.45, 2.75) is 0 Å². The van der Waals surface area contributed by atoms with Crippen LogP contribution in [0.25, 0.3) is 22.0 Å². The average Bonchev–Trinajstić information content (AvgIpc) is 2.85. The van der Waals surface area contributed by atoms with Gasteiger partial charge in [-0.3, -0.25) is 4.79 Å². The Morgan fingerprint density at radius 1 is 1.15 bits per heavy atom. The summed E-state index contributed by atoms with van der Waals surface area (Å²) >= 11 is 0. The van der Waals surface area contributed by atoms with Gasteiger partial charge in [-0.1, -0.05) is 0 Å². The van der Waals surface area contributed by atoms with Crippen molar-refractivity contribution in [3.8, 4) is 17.0 Å². The lowest BCUT2D eigenvalue weighted by molar-refractivity contribution is 0.122. The molecule has 5 rings (SSSR count). The maximum atomic E-state index is 12.6. The highest BCUT2D eigenvalue weighted by atomic mass is 16.5. The van der Waals surface area contributed by atoms with Crippen LogP contribution < -0.4 is 26.2 Å². The number of nitrogens with zero attached hydrogens (tertiary/aromatic N) is 3. The first-order valence-electron chi connectivity index (χ1n) is 10.6. The number of benzene rings is 1. The number of fused-ring (bicyclic) bond motifs is 1. The summed E-state index contributed by atoms with van der Waals surface area (Å²) in [5, 5.41) is 4.55. The molecule has 0 aliphatic carbocycles. The molecule has 4 heterocycles. The first-order chi connectivity index (χ1) is 16.1. The molecule has 0 bridgehead atoms. The third kappa shape index (κ3) is 4.18. The number of aromatic nitrogens is 3. The van der Waals surface area contributed by atoms with Gasteiger partial charge in [-0.05, 0) is 47.9 Å². The van der Waals surface area contributed by atoms with Gasteiger partial charge in [0.2, 0.25) is 0 Å². The number of rotatable bonds is 5. The van der Waals surface area contributed by atoms with Crippen LogP contribution in [0.15, 0.2) is 59.7 Å². The smallest absolute Gasteiger partial charge is 0.259 e. The van der Waals surface area contributed by atoms with E-state index in [1.54, 1.807) is 18.5 Å². The Kier molecular flexibility index (Phi) is 5.54. The van der Waals surface area contributed by atoms with Crippen LogP contribution in [0.5, 0.6) is 5.75 Å². The summed E-state index contributed by atoms with van der Waals surface area (Å²) in [5.74, 6) is 1.23. The number of ether oxygens (including phenoxy) is 2. The Labute approximate surface area is 190 Å². The quantitative estimate of drug-likeness (QED) is 0.430. The summed E-state index contributed by atoms with van der Waals surface area (Å²) in [6.07, 6.45) is 3.26. The minimum Gasteiger partial charge on any atom is -0.493 e. The summed E-state index contributed by atoms with van der Waals surface area (Å²) in [6, 6.07) is 13.5. The summed E-state index contributed by atoms with van der Waals surface area (Å²) in [4.78, 5) is 26.6. The van der Waals surface area contributed by atoms with E-state index in [0.29, 0.717) is 28.5 Å². The number of nitrogen functional groups attached to an aromatic ring is 1. The van der Waals surface area contributed by atoms with Crippen molar-refractivity contribution >= 4 is 33.8 Å². The van der Waals surface area contributed by atoms with Crippen molar-refractivity contribution < 1.29 is 9.47 Å². The molecule has 0 atom stereocenters. The molecular formula is C24H24N6O3. The van der Waals surface area contributed by atoms with Crippen molar-refractivity contribution in [1.82, 2.24) is 15.0 Å². The molecule has 1 fully saturated rings. The number of pyridine rings is 3. The maximum Gasteiger partial charge on any atom is 0.259 e. The normalized spacial score (nSPS) is 13.8. The topological polar surface area (TPSA) is 118 Å². The minimum atomic E-state index is -0.216. The zero-order valence-electron chi connectivity index (χ0n) is 18.2. The van der Waals surface area contributed by atoms with E-state index in [9.17, 15) is 4.79 Å². The Bertz CT molecular complexity index is 1350. The number of H-pyrrole nitrogens is 1. The van der Waals surface area contributed by atoms with Gasteiger partial charge in [0.25, 0.3) is 5.56 Å². The third-order valence-electron chi connectivity index (χ3n) is 5.66. The zero-order valence-corrected chi connectivity index (χ0v) is 18.2. The average molecular weight is 444 g/mol. The van der Waals surface area contributed by atoms with Gasteiger partial charge in [-0.15, -0.1) is 0 Å². The molecule has 0 unspecified atom stereocenters. The number of hydrogen-bond acceptors (Lipinski definition) is 8. The second-order valence-electron chi connectivity index (χ2n) is 7.71. The molecule has 4 aromatic rings. The van der Waals surface area contributed by atoms with Crippen molar-refractivity contribution in [3.05, 3.63) is 65.2 Å². The number of nitrogens with one attached hydrogen (secondary N) is 2. The van der Waals surface area contributed by atoms with E-state index in [2.05, 4.69) is 32.3 Å². The highest BCUT2D eigenvalue weighted by Gasteiger charge is 2.14. The molecule has 0 radical (unpaired) electrons. The van der Waals surface area contributed by atoms with Crippen molar-refractivity contribution in [2.75, 3.05) is 49.4 Å². The summed E-state index contributed by atoms with van der Waals surface area (Å²) in [5.41, 5.74) is 8.98. The standard InChI is InChI=1S/C24H24N6O3/c1-32-20-13-16(14-27-22(20)25)19-12-15-6-7-26-24(31)21(15)23(29-19)28-17-2-4-18(5-3-17)30-8-10-33-11-9-30/h2-7,12-14H,8-11H2,1H3,(H2,25,27)(H,26,31)(H,28,29). The Hall–Kier alpha value is -4.11. The summed E-state index contributed by atoms with van der Waals surface area (Å²) < 4.78 is 10.7. The summed E-state index contributed by atoms with van der Waals surface area (Å²) in [6.45, 7) is 3.21. The van der Waals surface area contributed by atoms with Crippen LogP contribution >= 0.6 is 0 Å². The van der Waals surface area contributed by atoms with Crippen LogP contribution in [0.2, 0.25) is 0 Å². The van der Waals surface area contributed by atoms with Crippen molar-refractivity contribution in [3.63, 3.8) is 0 Å². The first-order valence-corrected chi connectivity index (χ1v) is 10.6. The molecule has 0 saturated carbocycles. The predicted octanol–water partition coefficient (Wildman–Crippen LogP) is 3.16. The van der Waals surface area contributed by atoms with E-state index in [0.717, 1.165) is 48.6 Å². The molecule has 33 heavy (non-hydrogen) atoms. The van der Waals surface area contributed by atoms with E-state index in [1.165, 1.54) is 7.11 Å². The molecule has 1 aromatic carbocycles. The maximum absolute atomic E-state index is 12.6. The number of methoxy groups -OCH3 is 1. The lowest BCUT2D eigenvalue weighted by atomic mass is 10.1. The minimum absolute atomic E-state index is 0.216. The molecular weight excluding hydrogens is 420 g/mol. The van der Waals surface area contributed by atoms with Gasteiger partial charge in [-0.25, -0.2) is 9.97 Å². The molecule has 0 spiro atoms. The van der Waals surface area contributed by atoms with Gasteiger partial charge < -0.3 is 30.4 Å². The second kappa shape index (κ2) is 8.79. The summed E-state index contributed by atoms with van der Waals surface area (Å²) in [7, 11) is 1.54. The molecule has 4 N–H and O–H groups in total. The van der Waals surface area contributed by atoms with Crippen LogP contribution in [-0.4, -0.2) is 48.4 Å². The van der Waals surface area contributed by atoms with Gasteiger partial charge in [0.15, 0.2) is 11.6 Å². The fourth-order valence-corrected chi connectivity index (χ4v) is 3.93. The van der Waals surface area contributed by atoms with Crippen LogP contribution in [0.1, 0.15) is 0 Å². The van der Waals surface area contributed by atoms with Gasteiger partial charge in [0.1, 0.15) is 5.82 Å². The van der Waals surface area contributed by atoms with E-state index in [1.807, 2.05) is 24.3 Å². The van der Waals surface area contributed by atoms with E-state index in [-0.39, 0.29) is 5.56 Å². The highest BCUT2D eigenvalue weighted by Crippen LogP contribution is 2.31. The van der Waals surface area contributed by atoms with E-state index < -0.39 is 0 Å². The Morgan fingerprint density at radius 3 is 2.70 bits per heavy atom. The predicted molar refractivity (Wildman–Crippen MR) is 129 cm³/mol. The monoisotopic (exact) mass is 444 g/mol. The zero-order chi connectivity index (χ0) is 22.8. The molecule has 1 aliphatic rings. The van der Waals surface area contributed by atoms with Crippen molar-refractivity contribution in [2.24, 2.45) is 0 Å². The van der Waals surface area contributed by atoms with Gasteiger partial charge in [0, 0.05) is 42.4 Å². The highest BCUT2D eigenvalue weighted by molar-refractivity contribution is 5.95. The number of hydrogen-bond donors (Lipinski definition) is 3. The Morgan fingerprint density at radius 2 is 1.94 bits per heavy atom. The second-order valence-corrected chi connectivity index (χ2v) is 7.71. The van der Waals surface area contributed by atoms with E-state index >= 15 is 0 Å². The fourth-order valence-electron chi connectivity index (χ4n) is 3.93. The van der Waals surface area contributed by atoms with E-state index in [4.69, 9.17) is 20.2 Å². The van der Waals surface area contributed by atoms with Crippen LogP contribution in [-0.2, 0) is 4.74 Å². The largest absolute Gasteiger partial charge is 0.493 e.